The molecule has 0 amide bonds. The second-order valence-corrected chi connectivity index (χ2v) is 6.62. The van der Waals surface area contributed by atoms with E-state index in [4.69, 9.17) is 4.74 Å². The number of rotatable bonds is 8. The lowest BCUT2D eigenvalue weighted by Gasteiger charge is -2.19. The summed E-state index contributed by atoms with van der Waals surface area (Å²) < 4.78 is 5.10. The summed E-state index contributed by atoms with van der Waals surface area (Å²) in [5.74, 6) is 0.475. The summed E-state index contributed by atoms with van der Waals surface area (Å²) in [6, 6.07) is 8.66. The molecule has 3 nitrogen and oxygen atoms in total. The zero-order valence-corrected chi connectivity index (χ0v) is 13.9. The molecule has 0 aliphatic heterocycles. The molecule has 0 aliphatic carbocycles. The molecule has 4 heteroatoms. The average Bonchev–Trinajstić information content (AvgIpc) is 2.88. The number of benzene rings is 1. The summed E-state index contributed by atoms with van der Waals surface area (Å²) in [5, 5.41) is 4.64. The van der Waals surface area contributed by atoms with Crippen LogP contribution in [-0.4, -0.2) is 31.8 Å². The number of aryl methyl sites for hydroxylation is 2. The van der Waals surface area contributed by atoms with Gasteiger partial charge in [0.25, 0.3) is 0 Å². The quantitative estimate of drug-likeness (QED) is 0.760. The van der Waals surface area contributed by atoms with E-state index < -0.39 is 0 Å². The minimum atomic E-state index is 0.475. The molecular formula is C17H24N2OS. The van der Waals surface area contributed by atoms with Crippen LogP contribution < -0.4 is 5.32 Å². The molecule has 1 unspecified atom stereocenters. The van der Waals surface area contributed by atoms with Crippen molar-refractivity contribution in [1.82, 2.24) is 10.3 Å². The van der Waals surface area contributed by atoms with Gasteiger partial charge in [0.2, 0.25) is 0 Å². The first-order valence-electron chi connectivity index (χ1n) is 7.37. The zero-order valence-electron chi connectivity index (χ0n) is 13.1. The summed E-state index contributed by atoms with van der Waals surface area (Å²) in [4.78, 5) is 5.73. The molecule has 1 aromatic heterocycles. The molecule has 114 valence electrons. The maximum Gasteiger partial charge on any atom is 0.0896 e. The number of hydrogen-bond donors (Lipinski definition) is 1. The van der Waals surface area contributed by atoms with E-state index >= 15 is 0 Å². The molecule has 2 aromatic rings. The van der Waals surface area contributed by atoms with Crippen LogP contribution >= 0.6 is 11.3 Å². The van der Waals surface area contributed by atoms with E-state index in [-0.39, 0.29) is 0 Å². The van der Waals surface area contributed by atoms with Gasteiger partial charge in [-0.05, 0) is 31.4 Å². The van der Waals surface area contributed by atoms with Crippen LogP contribution in [0, 0.1) is 13.8 Å². The normalized spacial score (nSPS) is 12.5. The largest absolute Gasteiger partial charge is 0.383 e. The van der Waals surface area contributed by atoms with Crippen LogP contribution in [0.1, 0.15) is 26.9 Å². The Labute approximate surface area is 131 Å². The lowest BCUT2D eigenvalue weighted by molar-refractivity contribution is 0.199. The average molecular weight is 304 g/mol. The molecule has 0 radical (unpaired) electrons. The summed E-state index contributed by atoms with van der Waals surface area (Å²) in [6.45, 7) is 6.86. The van der Waals surface area contributed by atoms with Crippen molar-refractivity contribution < 1.29 is 4.74 Å². The van der Waals surface area contributed by atoms with Gasteiger partial charge in [0.05, 0.1) is 11.6 Å². The van der Waals surface area contributed by atoms with Crippen LogP contribution in [0.4, 0.5) is 0 Å². The number of methoxy groups -OCH3 is 1. The molecule has 1 N–H and O–H groups in total. The van der Waals surface area contributed by atoms with Crippen molar-refractivity contribution in [3.05, 3.63) is 51.5 Å². The van der Waals surface area contributed by atoms with E-state index in [0.29, 0.717) is 5.92 Å². The highest BCUT2D eigenvalue weighted by Crippen LogP contribution is 2.25. The zero-order chi connectivity index (χ0) is 15.1. The van der Waals surface area contributed by atoms with Crippen LogP contribution in [0.5, 0.6) is 0 Å². The Morgan fingerprint density at radius 3 is 2.76 bits per heavy atom. The van der Waals surface area contributed by atoms with Crippen LogP contribution in [0.3, 0.4) is 0 Å². The molecule has 1 atom stereocenters. The number of nitrogens with zero attached hydrogens (tertiary/aromatic N) is 1. The van der Waals surface area contributed by atoms with Crippen molar-refractivity contribution in [2.24, 2.45) is 0 Å². The van der Waals surface area contributed by atoms with Gasteiger partial charge >= 0.3 is 0 Å². The third-order valence-electron chi connectivity index (χ3n) is 3.62. The van der Waals surface area contributed by atoms with E-state index in [2.05, 4.69) is 48.4 Å². The Balaban J connectivity index is 2.08. The van der Waals surface area contributed by atoms with Crippen molar-refractivity contribution >= 4 is 11.3 Å². The maximum absolute atomic E-state index is 5.10. The van der Waals surface area contributed by atoms with Gasteiger partial charge in [-0.25, -0.2) is 4.98 Å². The molecule has 0 fully saturated rings. The molecule has 0 spiro atoms. The molecular weight excluding hydrogens is 280 g/mol. The minimum Gasteiger partial charge on any atom is -0.383 e. The highest BCUT2D eigenvalue weighted by Gasteiger charge is 2.15. The standard InChI is InChI=1S/C17H24N2OS/c1-13-6-4-5-7-17(13)15(11-18-8-9-20-3)10-16-12-19-14(2)21-16/h4-7,12,15,18H,8-11H2,1-3H3. The Bertz CT molecular complexity index is 553. The summed E-state index contributed by atoms with van der Waals surface area (Å²) in [5.41, 5.74) is 2.78. The van der Waals surface area contributed by atoms with Crippen molar-refractivity contribution in [2.75, 3.05) is 26.8 Å². The first-order chi connectivity index (χ1) is 10.2. The van der Waals surface area contributed by atoms with E-state index in [9.17, 15) is 0 Å². The van der Waals surface area contributed by atoms with E-state index in [1.807, 2.05) is 6.20 Å². The fourth-order valence-corrected chi connectivity index (χ4v) is 3.40. The summed E-state index contributed by atoms with van der Waals surface area (Å²) in [6.07, 6.45) is 3.05. The van der Waals surface area contributed by atoms with Crippen molar-refractivity contribution in [3.63, 3.8) is 0 Å². The first-order valence-corrected chi connectivity index (χ1v) is 8.19. The number of thiazole rings is 1. The summed E-state index contributed by atoms with van der Waals surface area (Å²) in [7, 11) is 1.74. The van der Waals surface area contributed by atoms with E-state index in [0.717, 1.165) is 31.1 Å². The number of ether oxygens (including phenoxy) is 1. The Hall–Kier alpha value is -1.23. The predicted octanol–water partition coefficient (Wildman–Crippen LogP) is 3.32. The third-order valence-corrected chi connectivity index (χ3v) is 4.55. The SMILES string of the molecule is COCCNCC(Cc1cnc(C)s1)c1ccccc1C. The monoisotopic (exact) mass is 304 g/mol. The Kier molecular flexibility index (Phi) is 6.36. The van der Waals surface area contributed by atoms with Crippen LogP contribution in [0.25, 0.3) is 0 Å². The third kappa shape index (κ3) is 4.92. The van der Waals surface area contributed by atoms with Crippen molar-refractivity contribution in [1.29, 1.82) is 0 Å². The van der Waals surface area contributed by atoms with Crippen molar-refractivity contribution in [3.8, 4) is 0 Å². The number of aromatic nitrogens is 1. The van der Waals surface area contributed by atoms with Gasteiger partial charge in [0.1, 0.15) is 0 Å². The Morgan fingerprint density at radius 1 is 1.29 bits per heavy atom. The number of nitrogens with one attached hydrogen (secondary N) is 1. The van der Waals surface area contributed by atoms with E-state index in [1.165, 1.54) is 16.0 Å². The lowest BCUT2D eigenvalue weighted by Crippen LogP contribution is -2.26. The van der Waals surface area contributed by atoms with Gasteiger partial charge in [0.15, 0.2) is 0 Å². The van der Waals surface area contributed by atoms with Gasteiger partial charge in [-0.15, -0.1) is 11.3 Å². The van der Waals surface area contributed by atoms with Crippen LogP contribution in [-0.2, 0) is 11.2 Å². The van der Waals surface area contributed by atoms with Gasteiger partial charge in [-0.1, -0.05) is 24.3 Å². The van der Waals surface area contributed by atoms with Crippen LogP contribution in [0.15, 0.2) is 30.5 Å². The lowest BCUT2D eigenvalue weighted by atomic mass is 9.91. The second-order valence-electron chi connectivity index (χ2n) is 5.30. The topological polar surface area (TPSA) is 34.1 Å². The predicted molar refractivity (Wildman–Crippen MR) is 89.2 cm³/mol. The molecule has 1 aromatic carbocycles. The second kappa shape index (κ2) is 8.27. The molecule has 2 rings (SSSR count). The molecule has 1 heterocycles. The van der Waals surface area contributed by atoms with Gasteiger partial charge in [-0.3, -0.25) is 0 Å². The smallest absolute Gasteiger partial charge is 0.0896 e. The Morgan fingerprint density at radius 2 is 2.10 bits per heavy atom. The van der Waals surface area contributed by atoms with Gasteiger partial charge in [0, 0.05) is 37.2 Å². The first kappa shape index (κ1) is 16.1. The van der Waals surface area contributed by atoms with Gasteiger partial charge < -0.3 is 10.1 Å². The molecule has 0 saturated heterocycles. The van der Waals surface area contributed by atoms with E-state index in [1.54, 1.807) is 18.4 Å². The highest BCUT2D eigenvalue weighted by molar-refractivity contribution is 7.11. The van der Waals surface area contributed by atoms with Crippen molar-refractivity contribution in [2.45, 2.75) is 26.2 Å². The van der Waals surface area contributed by atoms with Gasteiger partial charge in [-0.2, -0.15) is 0 Å². The fourth-order valence-electron chi connectivity index (χ4n) is 2.53. The fraction of sp³-hybridized carbons (Fsp3) is 0.471. The minimum absolute atomic E-state index is 0.475. The molecule has 0 saturated carbocycles. The maximum atomic E-state index is 5.10. The molecule has 21 heavy (non-hydrogen) atoms. The molecule has 0 aliphatic rings. The summed E-state index contributed by atoms with van der Waals surface area (Å²) >= 11 is 1.80. The highest BCUT2D eigenvalue weighted by atomic mass is 32.1. The van der Waals surface area contributed by atoms with Crippen LogP contribution in [0.2, 0.25) is 0 Å². The molecule has 0 bridgehead atoms. The number of hydrogen-bond acceptors (Lipinski definition) is 4.